The van der Waals surface area contributed by atoms with Gasteiger partial charge in [-0.05, 0) is 42.9 Å². The lowest BCUT2D eigenvalue weighted by Crippen LogP contribution is -2.01. The van der Waals surface area contributed by atoms with Crippen molar-refractivity contribution < 1.29 is 19.4 Å². The first-order valence-electron chi connectivity index (χ1n) is 6.38. The Morgan fingerprint density at radius 2 is 2.21 bits per heavy atom. The van der Waals surface area contributed by atoms with Crippen LogP contribution in [0.15, 0.2) is 30.4 Å². The van der Waals surface area contributed by atoms with E-state index in [-0.39, 0.29) is 0 Å². The number of allylic oxidation sites excluding steroid dienone is 1. The molecule has 0 atom stereocenters. The molecule has 1 aromatic carbocycles. The van der Waals surface area contributed by atoms with Crippen LogP contribution in [0.1, 0.15) is 18.4 Å². The summed E-state index contributed by atoms with van der Waals surface area (Å²) >= 11 is 0. The number of rotatable bonds is 7. The minimum absolute atomic E-state index is 0.566. The molecule has 4 nitrogen and oxygen atoms in total. The predicted molar refractivity (Wildman–Crippen MR) is 71.7 cm³/mol. The van der Waals surface area contributed by atoms with E-state index >= 15 is 0 Å². The van der Waals surface area contributed by atoms with Crippen molar-refractivity contribution in [3.63, 3.8) is 0 Å². The smallest absolute Gasteiger partial charge is 0.327 e. The zero-order chi connectivity index (χ0) is 13.7. The van der Waals surface area contributed by atoms with Gasteiger partial charge in [0.05, 0.1) is 13.7 Å². The van der Waals surface area contributed by atoms with Gasteiger partial charge in [-0.25, -0.2) is 4.79 Å². The van der Waals surface area contributed by atoms with Crippen LogP contribution in [0.3, 0.4) is 0 Å². The van der Waals surface area contributed by atoms with Gasteiger partial charge in [-0.1, -0.05) is 12.1 Å². The minimum Gasteiger partial charge on any atom is -0.493 e. The maximum absolute atomic E-state index is 10.4. The first-order valence-corrected chi connectivity index (χ1v) is 6.38. The van der Waals surface area contributed by atoms with Crippen LogP contribution >= 0.6 is 0 Å². The Morgan fingerprint density at radius 3 is 2.84 bits per heavy atom. The van der Waals surface area contributed by atoms with E-state index in [1.807, 2.05) is 18.2 Å². The van der Waals surface area contributed by atoms with Crippen LogP contribution in [0.4, 0.5) is 0 Å². The highest BCUT2D eigenvalue weighted by molar-refractivity contribution is 5.79. The Labute approximate surface area is 112 Å². The summed E-state index contributed by atoms with van der Waals surface area (Å²) in [7, 11) is 1.61. The molecule has 0 radical (unpaired) electrons. The lowest BCUT2D eigenvalue weighted by molar-refractivity contribution is -0.131. The summed E-state index contributed by atoms with van der Waals surface area (Å²) in [6, 6.07) is 5.68. The van der Waals surface area contributed by atoms with E-state index in [9.17, 15) is 4.79 Å². The first kappa shape index (κ1) is 13.5. The number of carboxylic acids is 1. The molecule has 19 heavy (non-hydrogen) atoms. The molecule has 0 heterocycles. The van der Waals surface area contributed by atoms with Gasteiger partial charge in [0.15, 0.2) is 11.5 Å². The molecular weight excluding hydrogens is 244 g/mol. The second-order valence-electron chi connectivity index (χ2n) is 4.68. The van der Waals surface area contributed by atoms with Crippen LogP contribution in [0.5, 0.6) is 11.5 Å². The van der Waals surface area contributed by atoms with Gasteiger partial charge < -0.3 is 14.6 Å². The number of carboxylic acid groups (broad SMARTS) is 1. The molecule has 0 amide bonds. The van der Waals surface area contributed by atoms with E-state index in [1.54, 1.807) is 13.2 Å². The maximum Gasteiger partial charge on any atom is 0.327 e. The SMILES string of the molecule is COc1ccc(C/C=C/C(=O)O)cc1OCC1CC1. The van der Waals surface area contributed by atoms with Crippen molar-refractivity contribution in [2.75, 3.05) is 13.7 Å². The summed E-state index contributed by atoms with van der Waals surface area (Å²) in [4.78, 5) is 10.4. The highest BCUT2D eigenvalue weighted by atomic mass is 16.5. The summed E-state index contributed by atoms with van der Waals surface area (Å²) < 4.78 is 11.0. The fraction of sp³-hybridized carbons (Fsp3) is 0.400. The van der Waals surface area contributed by atoms with Crippen LogP contribution in [0.2, 0.25) is 0 Å². The Bertz CT molecular complexity index is 475. The molecule has 1 N–H and O–H groups in total. The molecule has 0 aliphatic heterocycles. The van der Waals surface area contributed by atoms with Crippen LogP contribution in [0, 0.1) is 5.92 Å². The Balaban J connectivity index is 2.02. The van der Waals surface area contributed by atoms with Gasteiger partial charge in [0, 0.05) is 6.08 Å². The van der Waals surface area contributed by atoms with E-state index in [0.29, 0.717) is 18.1 Å². The van der Waals surface area contributed by atoms with E-state index in [1.165, 1.54) is 12.8 Å². The third-order valence-corrected chi connectivity index (χ3v) is 3.01. The quantitative estimate of drug-likeness (QED) is 0.767. The molecular formula is C15H18O4. The van der Waals surface area contributed by atoms with Gasteiger partial charge in [-0.3, -0.25) is 0 Å². The Hall–Kier alpha value is -1.97. The third kappa shape index (κ3) is 4.32. The highest BCUT2D eigenvalue weighted by Crippen LogP contribution is 2.33. The molecule has 1 saturated carbocycles. The fourth-order valence-electron chi connectivity index (χ4n) is 1.75. The van der Waals surface area contributed by atoms with Crippen molar-refractivity contribution >= 4 is 5.97 Å². The van der Waals surface area contributed by atoms with Gasteiger partial charge >= 0.3 is 5.97 Å². The molecule has 1 aliphatic carbocycles. The fourth-order valence-corrected chi connectivity index (χ4v) is 1.75. The van der Waals surface area contributed by atoms with Crippen LogP contribution in [-0.2, 0) is 11.2 Å². The minimum atomic E-state index is -0.932. The van der Waals surface area contributed by atoms with E-state index < -0.39 is 5.97 Å². The number of carbonyl (C=O) groups is 1. The number of ether oxygens (including phenoxy) is 2. The molecule has 0 saturated heterocycles. The number of hydrogen-bond donors (Lipinski definition) is 1. The van der Waals surface area contributed by atoms with Crippen molar-refractivity contribution in [2.24, 2.45) is 5.92 Å². The maximum atomic E-state index is 10.4. The van der Waals surface area contributed by atoms with Crippen molar-refractivity contribution in [2.45, 2.75) is 19.3 Å². The number of methoxy groups -OCH3 is 1. The third-order valence-electron chi connectivity index (χ3n) is 3.01. The largest absolute Gasteiger partial charge is 0.493 e. The summed E-state index contributed by atoms with van der Waals surface area (Å²) in [5.74, 6) is 1.20. The van der Waals surface area contributed by atoms with E-state index in [0.717, 1.165) is 24.0 Å². The summed E-state index contributed by atoms with van der Waals surface area (Å²) in [6.07, 6.45) is 5.81. The summed E-state index contributed by atoms with van der Waals surface area (Å²) in [5, 5.41) is 8.55. The van der Waals surface area contributed by atoms with Crippen molar-refractivity contribution in [3.05, 3.63) is 35.9 Å². The van der Waals surface area contributed by atoms with E-state index in [2.05, 4.69) is 0 Å². The van der Waals surface area contributed by atoms with Crippen molar-refractivity contribution in [3.8, 4) is 11.5 Å². The van der Waals surface area contributed by atoms with Gasteiger partial charge in [0.1, 0.15) is 0 Å². The Kier molecular flexibility index (Phi) is 4.44. The number of benzene rings is 1. The molecule has 0 unspecified atom stereocenters. The molecule has 0 aromatic heterocycles. The highest BCUT2D eigenvalue weighted by Gasteiger charge is 2.22. The van der Waals surface area contributed by atoms with Crippen molar-refractivity contribution in [1.82, 2.24) is 0 Å². The zero-order valence-corrected chi connectivity index (χ0v) is 11.0. The summed E-state index contributed by atoms with van der Waals surface area (Å²) in [5.41, 5.74) is 1.00. The second-order valence-corrected chi connectivity index (χ2v) is 4.68. The van der Waals surface area contributed by atoms with Crippen LogP contribution < -0.4 is 9.47 Å². The zero-order valence-electron chi connectivity index (χ0n) is 11.0. The standard InChI is InChI=1S/C15H18O4/c1-18-13-8-7-11(3-2-4-15(16)17)9-14(13)19-10-12-5-6-12/h2,4,7-9,12H,3,5-6,10H2,1H3,(H,16,17)/b4-2+. The average molecular weight is 262 g/mol. The number of hydrogen-bond acceptors (Lipinski definition) is 3. The second kappa shape index (κ2) is 6.27. The number of aliphatic carboxylic acids is 1. The molecule has 102 valence electrons. The van der Waals surface area contributed by atoms with Gasteiger partial charge in [0.2, 0.25) is 0 Å². The molecule has 1 fully saturated rings. The molecule has 2 rings (SSSR count). The predicted octanol–water partition coefficient (Wildman–Crippen LogP) is 2.67. The molecule has 0 spiro atoms. The monoisotopic (exact) mass is 262 g/mol. The molecule has 4 heteroatoms. The summed E-state index contributed by atoms with van der Waals surface area (Å²) in [6.45, 7) is 0.727. The van der Waals surface area contributed by atoms with Gasteiger partial charge in [-0.15, -0.1) is 0 Å². The van der Waals surface area contributed by atoms with Crippen molar-refractivity contribution in [1.29, 1.82) is 0 Å². The average Bonchev–Trinajstić information content (AvgIpc) is 3.20. The van der Waals surface area contributed by atoms with Crippen LogP contribution in [0.25, 0.3) is 0 Å². The van der Waals surface area contributed by atoms with Gasteiger partial charge in [-0.2, -0.15) is 0 Å². The lowest BCUT2D eigenvalue weighted by Gasteiger charge is -2.11. The molecule has 0 bridgehead atoms. The van der Waals surface area contributed by atoms with E-state index in [4.69, 9.17) is 14.6 Å². The van der Waals surface area contributed by atoms with Gasteiger partial charge in [0.25, 0.3) is 0 Å². The van der Waals surface area contributed by atoms with Crippen LogP contribution in [-0.4, -0.2) is 24.8 Å². The molecule has 1 aromatic rings. The normalized spacial score (nSPS) is 14.6. The first-order chi connectivity index (χ1) is 9.19. The topological polar surface area (TPSA) is 55.8 Å². The lowest BCUT2D eigenvalue weighted by atomic mass is 10.1. The molecule has 1 aliphatic rings. The Morgan fingerprint density at radius 1 is 1.42 bits per heavy atom.